The fourth-order valence-electron chi connectivity index (χ4n) is 1.06. The van der Waals surface area contributed by atoms with E-state index in [2.05, 4.69) is 4.72 Å². The van der Waals surface area contributed by atoms with E-state index in [9.17, 15) is 12.8 Å². The van der Waals surface area contributed by atoms with Crippen molar-refractivity contribution >= 4 is 10.0 Å². The summed E-state index contributed by atoms with van der Waals surface area (Å²) >= 11 is 0. The lowest BCUT2D eigenvalue weighted by Crippen LogP contribution is -2.29. The van der Waals surface area contributed by atoms with E-state index in [1.807, 2.05) is 0 Å². The van der Waals surface area contributed by atoms with Crippen LogP contribution in [-0.4, -0.2) is 20.7 Å². The smallest absolute Gasteiger partial charge is 0.213 e. The topological polar surface area (TPSA) is 72.2 Å². The van der Waals surface area contributed by atoms with Crippen molar-refractivity contribution in [2.75, 3.05) is 12.3 Å². The first kappa shape index (κ1) is 12.1. The molecule has 0 aliphatic heterocycles. The van der Waals surface area contributed by atoms with Gasteiger partial charge in [-0.3, -0.25) is 0 Å². The molecule has 0 aromatic heterocycles. The fourth-order valence-corrected chi connectivity index (χ4v) is 1.89. The largest absolute Gasteiger partial charge is 0.329 e. The number of nitrogens with two attached hydrogens (primary N) is 1. The molecule has 0 fully saturated rings. The molecule has 0 bridgehead atoms. The number of nitrogens with one attached hydrogen (secondary N) is 1. The zero-order valence-corrected chi connectivity index (χ0v) is 8.93. The molecule has 0 spiro atoms. The number of hydrogen-bond donors (Lipinski definition) is 2. The normalized spacial score (nSPS) is 11.6. The van der Waals surface area contributed by atoms with Gasteiger partial charge in [0.1, 0.15) is 5.82 Å². The van der Waals surface area contributed by atoms with Gasteiger partial charge in [-0.1, -0.05) is 18.2 Å². The quantitative estimate of drug-likeness (QED) is 0.762. The van der Waals surface area contributed by atoms with Crippen molar-refractivity contribution in [1.29, 1.82) is 0 Å². The second-order valence-corrected chi connectivity index (χ2v) is 4.95. The summed E-state index contributed by atoms with van der Waals surface area (Å²) in [5.41, 5.74) is 5.44. The molecule has 4 nitrogen and oxygen atoms in total. The van der Waals surface area contributed by atoms with E-state index in [0.29, 0.717) is 5.56 Å². The first-order chi connectivity index (χ1) is 7.05. The lowest BCUT2D eigenvalue weighted by Gasteiger charge is -2.05. The summed E-state index contributed by atoms with van der Waals surface area (Å²) in [7, 11) is -3.39. The Hall–Kier alpha value is -0.980. The van der Waals surface area contributed by atoms with Crippen LogP contribution in [-0.2, 0) is 16.6 Å². The molecule has 0 aliphatic rings. The molecule has 6 heteroatoms. The summed E-state index contributed by atoms with van der Waals surface area (Å²) in [4.78, 5) is 0. The van der Waals surface area contributed by atoms with Crippen LogP contribution in [0.2, 0.25) is 0 Å². The molecule has 0 saturated heterocycles. The van der Waals surface area contributed by atoms with Crippen LogP contribution in [0.4, 0.5) is 4.39 Å². The molecular formula is C9H13FN2O2S. The minimum Gasteiger partial charge on any atom is -0.329 e. The Morgan fingerprint density at radius 1 is 1.33 bits per heavy atom. The zero-order valence-electron chi connectivity index (χ0n) is 8.11. The number of sulfonamides is 1. The third-order valence-electron chi connectivity index (χ3n) is 1.83. The summed E-state index contributed by atoms with van der Waals surface area (Å²) in [5, 5.41) is 0. The second kappa shape index (κ2) is 5.20. The summed E-state index contributed by atoms with van der Waals surface area (Å²) in [6.45, 7) is 0.00160. The van der Waals surface area contributed by atoms with Crippen LogP contribution < -0.4 is 10.5 Å². The van der Waals surface area contributed by atoms with Crippen LogP contribution in [0.25, 0.3) is 0 Å². The summed E-state index contributed by atoms with van der Waals surface area (Å²) in [5.74, 6) is -0.575. The minimum absolute atomic E-state index is 0.0466. The van der Waals surface area contributed by atoms with Gasteiger partial charge in [0.15, 0.2) is 0 Å². The molecule has 0 unspecified atom stereocenters. The lowest BCUT2D eigenvalue weighted by atomic mass is 10.2. The monoisotopic (exact) mass is 232 g/mol. The molecule has 1 aromatic rings. The Balaban J connectivity index is 2.62. The number of rotatable bonds is 5. The van der Waals surface area contributed by atoms with E-state index in [-0.39, 0.29) is 18.8 Å². The molecule has 0 aliphatic carbocycles. The Bertz CT molecular complexity index is 420. The van der Waals surface area contributed by atoms with Crippen LogP contribution >= 0.6 is 0 Å². The van der Waals surface area contributed by atoms with E-state index in [1.54, 1.807) is 12.1 Å². The van der Waals surface area contributed by atoms with Crippen LogP contribution in [0.3, 0.4) is 0 Å². The van der Waals surface area contributed by atoms with Crippen molar-refractivity contribution < 1.29 is 12.8 Å². The highest BCUT2D eigenvalue weighted by Gasteiger charge is 2.09. The van der Waals surface area contributed by atoms with Gasteiger partial charge in [-0.25, -0.2) is 17.5 Å². The summed E-state index contributed by atoms with van der Waals surface area (Å²) < 4.78 is 37.8. The molecule has 0 saturated carbocycles. The Kier molecular flexibility index (Phi) is 4.19. The molecule has 0 atom stereocenters. The molecule has 0 amide bonds. The molecule has 1 aromatic carbocycles. The van der Waals surface area contributed by atoms with Gasteiger partial charge in [-0.15, -0.1) is 0 Å². The van der Waals surface area contributed by atoms with Gasteiger partial charge in [0.2, 0.25) is 10.0 Å². The molecule has 15 heavy (non-hydrogen) atoms. The first-order valence-corrected chi connectivity index (χ1v) is 6.11. The molecule has 3 N–H and O–H groups in total. The highest BCUT2D eigenvalue weighted by molar-refractivity contribution is 7.89. The van der Waals surface area contributed by atoms with Crippen molar-refractivity contribution in [3.63, 3.8) is 0 Å². The predicted octanol–water partition coefficient (Wildman–Crippen LogP) is 0.204. The van der Waals surface area contributed by atoms with Crippen molar-refractivity contribution in [3.8, 4) is 0 Å². The molecule has 0 radical (unpaired) electrons. The number of benzene rings is 1. The van der Waals surface area contributed by atoms with Gasteiger partial charge in [-0.05, 0) is 6.07 Å². The third kappa shape index (κ3) is 3.94. The van der Waals surface area contributed by atoms with Gasteiger partial charge in [0.25, 0.3) is 0 Å². The van der Waals surface area contributed by atoms with Gasteiger partial charge in [0, 0.05) is 18.7 Å². The van der Waals surface area contributed by atoms with E-state index < -0.39 is 15.8 Å². The molecule has 84 valence electrons. The van der Waals surface area contributed by atoms with Gasteiger partial charge >= 0.3 is 0 Å². The van der Waals surface area contributed by atoms with E-state index >= 15 is 0 Å². The van der Waals surface area contributed by atoms with Crippen LogP contribution in [0.15, 0.2) is 24.3 Å². The van der Waals surface area contributed by atoms with Crippen LogP contribution in [0.5, 0.6) is 0 Å². The summed E-state index contributed by atoms with van der Waals surface area (Å²) in [6, 6.07) is 6.01. The van der Waals surface area contributed by atoms with Gasteiger partial charge in [-0.2, -0.15) is 0 Å². The van der Waals surface area contributed by atoms with Crippen molar-refractivity contribution in [1.82, 2.24) is 4.72 Å². The van der Waals surface area contributed by atoms with Crippen molar-refractivity contribution in [3.05, 3.63) is 35.6 Å². The lowest BCUT2D eigenvalue weighted by molar-refractivity contribution is 0.574. The van der Waals surface area contributed by atoms with E-state index in [4.69, 9.17) is 5.73 Å². The van der Waals surface area contributed by atoms with Crippen molar-refractivity contribution in [2.24, 2.45) is 5.73 Å². The van der Waals surface area contributed by atoms with E-state index in [1.165, 1.54) is 12.1 Å². The second-order valence-electron chi connectivity index (χ2n) is 3.02. The van der Waals surface area contributed by atoms with Gasteiger partial charge < -0.3 is 5.73 Å². The standard InChI is InChI=1S/C9H13FN2O2S/c10-9-4-2-1-3-8(9)7-12-15(13,14)6-5-11/h1-4,12H,5-7,11H2. The SMILES string of the molecule is NCCS(=O)(=O)NCc1ccccc1F. The van der Waals surface area contributed by atoms with Crippen molar-refractivity contribution in [2.45, 2.75) is 6.54 Å². The maximum Gasteiger partial charge on any atom is 0.213 e. The highest BCUT2D eigenvalue weighted by Crippen LogP contribution is 2.05. The predicted molar refractivity (Wildman–Crippen MR) is 56.1 cm³/mol. The maximum absolute atomic E-state index is 13.1. The highest BCUT2D eigenvalue weighted by atomic mass is 32.2. The van der Waals surface area contributed by atoms with E-state index in [0.717, 1.165) is 0 Å². The van der Waals surface area contributed by atoms with Crippen LogP contribution in [0.1, 0.15) is 5.56 Å². The molecular weight excluding hydrogens is 219 g/mol. The summed E-state index contributed by atoms with van der Waals surface area (Å²) in [6.07, 6.45) is 0. The Morgan fingerprint density at radius 2 is 2.00 bits per heavy atom. The minimum atomic E-state index is -3.39. The third-order valence-corrected chi connectivity index (χ3v) is 3.18. The maximum atomic E-state index is 13.1. The van der Waals surface area contributed by atoms with Crippen LogP contribution in [0, 0.1) is 5.82 Å². The number of hydrogen-bond acceptors (Lipinski definition) is 3. The Morgan fingerprint density at radius 3 is 2.60 bits per heavy atom. The molecule has 0 heterocycles. The average Bonchev–Trinajstić information content (AvgIpc) is 2.16. The zero-order chi connectivity index (χ0) is 11.3. The molecule has 1 rings (SSSR count). The van der Waals surface area contributed by atoms with Gasteiger partial charge in [0.05, 0.1) is 5.75 Å². The Labute approximate surface area is 88.3 Å². The first-order valence-electron chi connectivity index (χ1n) is 4.46. The fraction of sp³-hybridized carbons (Fsp3) is 0.333. The number of halogens is 1. The average molecular weight is 232 g/mol.